The standard InChI is InChI=1S/C24H30ClN3O2/c1-3-26(4-2)22(19-11-6-5-7-12-19)24(30)28-16-10-15-27(17-18-28)23(29)20-13-8-9-14-21(20)25/h5-9,11-14,22H,3-4,10,15-18H2,1-2H3. The highest BCUT2D eigenvalue weighted by Gasteiger charge is 2.31. The predicted octanol–water partition coefficient (Wildman–Crippen LogP) is 4.10. The van der Waals surface area contributed by atoms with Crippen LogP contribution < -0.4 is 0 Å². The number of likely N-dealkylation sites (N-methyl/N-ethyl adjacent to an activating group) is 1. The Bertz CT molecular complexity index is 855. The van der Waals surface area contributed by atoms with Gasteiger partial charge in [0.2, 0.25) is 5.91 Å². The van der Waals surface area contributed by atoms with Crippen LogP contribution in [-0.2, 0) is 4.79 Å². The van der Waals surface area contributed by atoms with Crippen molar-refractivity contribution in [1.82, 2.24) is 14.7 Å². The van der Waals surface area contributed by atoms with Gasteiger partial charge in [-0.25, -0.2) is 0 Å². The van der Waals surface area contributed by atoms with Gasteiger partial charge in [0.1, 0.15) is 6.04 Å². The smallest absolute Gasteiger partial charge is 0.255 e. The lowest BCUT2D eigenvalue weighted by Crippen LogP contribution is -2.44. The number of halogens is 1. The minimum absolute atomic E-state index is 0.0711. The van der Waals surface area contributed by atoms with Crippen LogP contribution in [0.15, 0.2) is 54.6 Å². The van der Waals surface area contributed by atoms with E-state index in [9.17, 15) is 9.59 Å². The third kappa shape index (κ3) is 5.02. The predicted molar refractivity (Wildman–Crippen MR) is 121 cm³/mol. The Morgan fingerprint density at radius 3 is 2.17 bits per heavy atom. The highest BCUT2D eigenvalue weighted by atomic mass is 35.5. The van der Waals surface area contributed by atoms with Gasteiger partial charge in [-0.05, 0) is 37.2 Å². The molecule has 30 heavy (non-hydrogen) atoms. The van der Waals surface area contributed by atoms with Gasteiger partial charge in [-0.1, -0.05) is 67.9 Å². The van der Waals surface area contributed by atoms with Crippen LogP contribution in [0.3, 0.4) is 0 Å². The molecular formula is C24H30ClN3O2. The maximum atomic E-state index is 13.6. The van der Waals surface area contributed by atoms with E-state index in [0.717, 1.165) is 25.1 Å². The number of carbonyl (C=O) groups is 2. The van der Waals surface area contributed by atoms with Crippen molar-refractivity contribution < 1.29 is 9.59 Å². The van der Waals surface area contributed by atoms with Crippen LogP contribution in [0.1, 0.15) is 42.2 Å². The number of amides is 2. The van der Waals surface area contributed by atoms with Crippen LogP contribution in [0.25, 0.3) is 0 Å². The molecule has 0 aliphatic carbocycles. The summed E-state index contributed by atoms with van der Waals surface area (Å²) in [6.45, 7) is 8.07. The maximum absolute atomic E-state index is 13.6. The fourth-order valence-corrected chi connectivity index (χ4v) is 4.27. The summed E-state index contributed by atoms with van der Waals surface area (Å²) in [5.41, 5.74) is 1.53. The minimum atomic E-state index is -0.299. The van der Waals surface area contributed by atoms with E-state index >= 15 is 0 Å². The third-order valence-electron chi connectivity index (χ3n) is 5.73. The van der Waals surface area contributed by atoms with Crippen LogP contribution >= 0.6 is 11.6 Å². The van der Waals surface area contributed by atoms with E-state index in [2.05, 4.69) is 18.7 Å². The lowest BCUT2D eigenvalue weighted by Gasteiger charge is -2.33. The van der Waals surface area contributed by atoms with Gasteiger partial charge in [0.25, 0.3) is 5.91 Å². The second-order valence-electron chi connectivity index (χ2n) is 7.49. The molecule has 5 nitrogen and oxygen atoms in total. The SMILES string of the molecule is CCN(CC)C(C(=O)N1CCCN(C(=O)c2ccccc2Cl)CC1)c1ccccc1. The molecule has 1 heterocycles. The molecule has 3 rings (SSSR count). The molecule has 1 aliphatic rings. The summed E-state index contributed by atoms with van der Waals surface area (Å²) in [4.78, 5) is 32.4. The molecule has 1 fully saturated rings. The monoisotopic (exact) mass is 427 g/mol. The molecule has 0 bridgehead atoms. The lowest BCUT2D eigenvalue weighted by molar-refractivity contribution is -0.137. The zero-order valence-electron chi connectivity index (χ0n) is 17.8. The summed E-state index contributed by atoms with van der Waals surface area (Å²) in [6, 6.07) is 16.8. The van der Waals surface area contributed by atoms with Crippen LogP contribution in [0.5, 0.6) is 0 Å². The number of hydrogen-bond donors (Lipinski definition) is 0. The summed E-state index contributed by atoms with van der Waals surface area (Å²) in [5, 5.41) is 0.463. The van der Waals surface area contributed by atoms with E-state index in [1.54, 1.807) is 12.1 Å². The van der Waals surface area contributed by atoms with Gasteiger partial charge in [-0.3, -0.25) is 14.5 Å². The van der Waals surface area contributed by atoms with E-state index in [1.165, 1.54) is 0 Å². The van der Waals surface area contributed by atoms with E-state index in [4.69, 9.17) is 11.6 Å². The molecule has 1 unspecified atom stereocenters. The summed E-state index contributed by atoms with van der Waals surface area (Å²) in [7, 11) is 0. The fourth-order valence-electron chi connectivity index (χ4n) is 4.05. The molecule has 1 aliphatic heterocycles. The Morgan fingerprint density at radius 1 is 0.900 bits per heavy atom. The van der Waals surface area contributed by atoms with Crippen molar-refractivity contribution in [2.75, 3.05) is 39.3 Å². The Hall–Kier alpha value is -2.37. The molecule has 2 aromatic carbocycles. The van der Waals surface area contributed by atoms with E-state index in [-0.39, 0.29) is 17.9 Å². The van der Waals surface area contributed by atoms with Gasteiger partial charge in [0, 0.05) is 26.2 Å². The molecule has 2 aromatic rings. The minimum Gasteiger partial charge on any atom is -0.339 e. The molecule has 1 saturated heterocycles. The molecule has 2 amide bonds. The Kier molecular flexibility index (Phi) is 7.88. The van der Waals surface area contributed by atoms with Crippen molar-refractivity contribution in [3.05, 3.63) is 70.7 Å². The lowest BCUT2D eigenvalue weighted by atomic mass is 10.0. The van der Waals surface area contributed by atoms with E-state index < -0.39 is 0 Å². The molecular weight excluding hydrogens is 398 g/mol. The second kappa shape index (κ2) is 10.6. The average molecular weight is 428 g/mol. The van der Waals surface area contributed by atoms with Gasteiger partial charge in [-0.15, -0.1) is 0 Å². The van der Waals surface area contributed by atoms with Gasteiger partial charge < -0.3 is 9.80 Å². The number of hydrogen-bond acceptors (Lipinski definition) is 3. The van der Waals surface area contributed by atoms with Crippen LogP contribution in [0.4, 0.5) is 0 Å². The van der Waals surface area contributed by atoms with Crippen molar-refractivity contribution in [1.29, 1.82) is 0 Å². The number of carbonyl (C=O) groups excluding carboxylic acids is 2. The molecule has 0 spiro atoms. The first-order chi connectivity index (χ1) is 14.6. The van der Waals surface area contributed by atoms with Gasteiger partial charge >= 0.3 is 0 Å². The first-order valence-corrected chi connectivity index (χ1v) is 11.1. The van der Waals surface area contributed by atoms with Gasteiger partial charge in [0.15, 0.2) is 0 Å². The molecule has 0 aromatic heterocycles. The first-order valence-electron chi connectivity index (χ1n) is 10.7. The molecule has 0 radical (unpaired) electrons. The Morgan fingerprint density at radius 2 is 1.50 bits per heavy atom. The number of rotatable bonds is 6. The van der Waals surface area contributed by atoms with Gasteiger partial charge in [0.05, 0.1) is 10.6 Å². The zero-order valence-corrected chi connectivity index (χ0v) is 18.5. The zero-order chi connectivity index (χ0) is 21.5. The van der Waals surface area contributed by atoms with E-state index in [1.807, 2.05) is 52.3 Å². The summed E-state index contributed by atoms with van der Waals surface area (Å²) in [6.07, 6.45) is 0.752. The number of benzene rings is 2. The molecule has 6 heteroatoms. The molecule has 0 saturated carbocycles. The van der Waals surface area contributed by atoms with Crippen LogP contribution in [0, 0.1) is 0 Å². The Labute approximate surface area is 184 Å². The molecule has 160 valence electrons. The normalized spacial score (nSPS) is 15.7. The van der Waals surface area contributed by atoms with Crippen LogP contribution in [0.2, 0.25) is 5.02 Å². The Balaban J connectivity index is 1.75. The highest BCUT2D eigenvalue weighted by Crippen LogP contribution is 2.24. The largest absolute Gasteiger partial charge is 0.339 e. The maximum Gasteiger partial charge on any atom is 0.255 e. The van der Waals surface area contributed by atoms with Crippen LogP contribution in [-0.4, -0.2) is 65.8 Å². The first kappa shape index (κ1) is 22.3. The summed E-state index contributed by atoms with van der Waals surface area (Å²) < 4.78 is 0. The van der Waals surface area contributed by atoms with Crippen molar-refractivity contribution in [3.63, 3.8) is 0 Å². The van der Waals surface area contributed by atoms with Gasteiger partial charge in [-0.2, -0.15) is 0 Å². The third-order valence-corrected chi connectivity index (χ3v) is 6.06. The quantitative estimate of drug-likeness (QED) is 0.697. The topological polar surface area (TPSA) is 43.9 Å². The molecule has 0 N–H and O–H groups in total. The fraction of sp³-hybridized carbons (Fsp3) is 0.417. The average Bonchev–Trinajstić information content (AvgIpc) is 3.04. The number of nitrogens with zero attached hydrogens (tertiary/aromatic N) is 3. The second-order valence-corrected chi connectivity index (χ2v) is 7.89. The van der Waals surface area contributed by atoms with Crippen molar-refractivity contribution in [2.24, 2.45) is 0 Å². The van der Waals surface area contributed by atoms with Crippen molar-refractivity contribution in [2.45, 2.75) is 26.3 Å². The van der Waals surface area contributed by atoms with Crippen molar-refractivity contribution in [3.8, 4) is 0 Å². The summed E-state index contributed by atoms with van der Waals surface area (Å²) in [5.74, 6) is 0.0372. The molecule has 1 atom stereocenters. The van der Waals surface area contributed by atoms with Crippen molar-refractivity contribution >= 4 is 23.4 Å². The highest BCUT2D eigenvalue weighted by molar-refractivity contribution is 6.33. The summed E-state index contributed by atoms with van der Waals surface area (Å²) >= 11 is 6.22. The van der Waals surface area contributed by atoms with E-state index in [0.29, 0.717) is 36.8 Å².